The van der Waals surface area contributed by atoms with Gasteiger partial charge in [-0.25, -0.2) is 14.8 Å². The predicted molar refractivity (Wildman–Crippen MR) is 393 cm³/mol. The molecule has 556 valence electrons. The summed E-state index contributed by atoms with van der Waals surface area (Å²) in [6.07, 6.45) is 14.7. The highest BCUT2D eigenvalue weighted by Gasteiger charge is 2.47. The first-order valence-electron chi connectivity index (χ1n) is 34.2. The number of nitrogens with zero attached hydrogens (tertiary/aromatic N) is 7. The van der Waals surface area contributed by atoms with E-state index < -0.39 is 88.8 Å². The highest BCUT2D eigenvalue weighted by molar-refractivity contribution is 7.87. The number of nitrogens with one attached hydrogen (secondary N) is 3. The summed E-state index contributed by atoms with van der Waals surface area (Å²) in [6, 6.07) is 17.7. The van der Waals surface area contributed by atoms with Crippen LogP contribution in [-0.4, -0.2) is 169 Å². The summed E-state index contributed by atoms with van der Waals surface area (Å²) in [4.78, 5) is 69.1. The Morgan fingerprint density at radius 1 is 0.752 bits per heavy atom. The molecular formula is C73H83N10O18S4+. The highest BCUT2D eigenvalue weighted by Crippen LogP contribution is 2.52. The van der Waals surface area contributed by atoms with E-state index in [1.807, 2.05) is 63.2 Å². The smallest absolute Gasteiger partial charge is 0.320 e. The standard InChI is InChI=1S/C73H82N10O18S4/c1-8-81-57-25-22-51-53(36-49(102(89,90)91)38-60(51)104(95,96)97)67(57)72(3,4)62(81)27-19-44(20-28-63-73(5,6)68-54-37-50(103(92,93)94)39-61(105(98,99)100)52(54)23-26-58(68)82(63)9-2)55-24-18-47(42-76-55)70(87)75-30-12-10-11-17-64(84)77-43-48-35-45-15-13-31-74-69(45)79-56(48)16-14-32-80-33-34-83(71(80)88)59(40-66(85)86)46-21-29-65(101-7)78-41-46/h18-29,35-39,41-42,59H,8-17,30-34,40,43H2,1-7H3,(H7-,74,75,77,79,84,85,86,87,89,90,91,92,93,94,95,96,97,98,99,100)/p+1/t59-/m0/s1. The SMILES string of the molecule is CCN1/C(=C/C=C(/C=C/C2=[N+](CC)c3ccc4c(S(=O)(=O)O)cc(S(=O)(=O)O)cc4c3C2(C)C)c2ccc(C(=O)NCCCCCC(=O)NCc3cc4c(nc3CCCN3CCN([C@@H](CC(=O)O)c5ccc(OC)nc5)C3=O)NCCC4)cn2)C(C)(C)c2c1ccc1c(S(=O)(=O)O)cc(S(=O)(=O)O)cc21. The number of pyridine rings is 3. The van der Waals surface area contributed by atoms with Crippen LogP contribution in [-0.2, 0) is 80.3 Å². The van der Waals surface area contributed by atoms with Crippen LogP contribution in [0.1, 0.15) is 142 Å². The topological polar surface area (TPSA) is 403 Å². The number of ether oxygens (including phenoxy) is 1. The molecule has 0 saturated carbocycles. The molecular weight excluding hydrogens is 1430 g/mol. The molecule has 8 N–H and O–H groups in total. The van der Waals surface area contributed by atoms with Gasteiger partial charge in [-0.2, -0.15) is 38.2 Å². The lowest BCUT2D eigenvalue weighted by molar-refractivity contribution is -0.433. The van der Waals surface area contributed by atoms with Gasteiger partial charge in [-0.15, -0.1) is 0 Å². The number of aryl methyl sites for hydroxylation is 2. The molecule has 4 aliphatic heterocycles. The minimum absolute atomic E-state index is 0.00979. The van der Waals surface area contributed by atoms with Crippen LogP contribution >= 0.6 is 0 Å². The van der Waals surface area contributed by atoms with Crippen LogP contribution in [0.15, 0.2) is 141 Å². The van der Waals surface area contributed by atoms with Gasteiger partial charge in [0.2, 0.25) is 17.5 Å². The quantitative estimate of drug-likeness (QED) is 0.00978. The fraction of sp³-hybridized carbons (Fsp3) is 0.370. The van der Waals surface area contributed by atoms with Gasteiger partial charge in [0.25, 0.3) is 46.4 Å². The number of urea groups is 1. The summed E-state index contributed by atoms with van der Waals surface area (Å²) >= 11 is 0. The van der Waals surface area contributed by atoms with Crippen molar-refractivity contribution >= 4 is 114 Å². The minimum atomic E-state index is -5.03. The number of anilines is 2. The molecule has 1 saturated heterocycles. The Morgan fingerprint density at radius 2 is 1.44 bits per heavy atom. The molecule has 105 heavy (non-hydrogen) atoms. The first-order chi connectivity index (χ1) is 49.5. The summed E-state index contributed by atoms with van der Waals surface area (Å²) in [5.74, 6) is -0.431. The lowest BCUT2D eigenvalue weighted by Crippen LogP contribution is -2.36. The molecule has 0 aliphatic carbocycles. The number of likely N-dealkylation sites (N-methyl/N-ethyl adjacent to an activating group) is 1. The van der Waals surface area contributed by atoms with E-state index in [9.17, 15) is 76.2 Å². The van der Waals surface area contributed by atoms with Gasteiger partial charge >= 0.3 is 12.0 Å². The molecule has 4 amide bonds. The number of hydrogen-bond acceptors (Lipinski definition) is 18. The van der Waals surface area contributed by atoms with Gasteiger partial charge < -0.3 is 40.5 Å². The maximum absolute atomic E-state index is 13.8. The number of carboxylic acids is 1. The zero-order valence-electron chi connectivity index (χ0n) is 58.9. The zero-order valence-corrected chi connectivity index (χ0v) is 62.1. The molecule has 11 rings (SSSR count). The Kier molecular flexibility index (Phi) is 22.0. The van der Waals surface area contributed by atoms with Crippen LogP contribution in [0.4, 0.5) is 22.0 Å². The van der Waals surface area contributed by atoms with Crippen molar-refractivity contribution in [2.45, 2.75) is 142 Å². The van der Waals surface area contributed by atoms with E-state index in [2.05, 4.69) is 27.0 Å². The second-order valence-electron chi connectivity index (χ2n) is 27.2. The summed E-state index contributed by atoms with van der Waals surface area (Å²) in [5.41, 5.74) is 5.79. The van der Waals surface area contributed by atoms with Crippen molar-refractivity contribution in [1.82, 2.24) is 35.4 Å². The van der Waals surface area contributed by atoms with E-state index >= 15 is 0 Å². The Balaban J connectivity index is 0.783. The predicted octanol–water partition coefficient (Wildman–Crippen LogP) is 9.76. The zero-order chi connectivity index (χ0) is 75.9. The van der Waals surface area contributed by atoms with E-state index in [-0.39, 0.29) is 65.0 Å². The van der Waals surface area contributed by atoms with E-state index in [0.29, 0.717) is 134 Å². The highest BCUT2D eigenvalue weighted by atomic mass is 32.2. The maximum Gasteiger partial charge on any atom is 0.320 e. The molecule has 0 radical (unpaired) electrons. The number of aromatic nitrogens is 3. The summed E-state index contributed by atoms with van der Waals surface area (Å²) < 4.78 is 150. The molecule has 1 atom stereocenters. The average molecular weight is 1520 g/mol. The number of carbonyl (C=O) groups is 4. The molecule has 0 bridgehead atoms. The molecule has 1 fully saturated rings. The molecule has 0 unspecified atom stereocenters. The molecule has 28 nitrogen and oxygen atoms in total. The van der Waals surface area contributed by atoms with Crippen molar-refractivity contribution in [3.8, 4) is 5.88 Å². The normalized spacial score (nSPS) is 16.6. The van der Waals surface area contributed by atoms with Crippen molar-refractivity contribution in [2.24, 2.45) is 0 Å². The summed E-state index contributed by atoms with van der Waals surface area (Å²) in [6.45, 7) is 14.4. The van der Waals surface area contributed by atoms with E-state index in [4.69, 9.17) is 14.7 Å². The number of fused-ring (bicyclic) bond motifs is 7. The Hall–Kier alpha value is -9.54. The van der Waals surface area contributed by atoms with Crippen molar-refractivity contribution in [3.63, 3.8) is 0 Å². The lowest BCUT2D eigenvalue weighted by atomic mass is 9.79. The molecule has 4 aromatic carbocycles. The molecule has 32 heteroatoms. The van der Waals surface area contributed by atoms with Gasteiger partial charge in [-0.3, -0.25) is 37.6 Å². The Morgan fingerprint density at radius 3 is 2.05 bits per heavy atom. The van der Waals surface area contributed by atoms with Crippen LogP contribution in [0.3, 0.4) is 0 Å². The second-order valence-corrected chi connectivity index (χ2v) is 32.8. The van der Waals surface area contributed by atoms with Crippen molar-refractivity contribution < 1.29 is 85.5 Å². The largest absolute Gasteiger partial charge is 0.481 e. The molecule has 4 aliphatic rings. The number of benzene rings is 4. The first kappa shape index (κ1) is 76.6. The van der Waals surface area contributed by atoms with Gasteiger partial charge in [0.05, 0.1) is 46.0 Å². The van der Waals surface area contributed by atoms with Gasteiger partial charge in [0.15, 0.2) is 5.71 Å². The second kappa shape index (κ2) is 30.1. The number of methoxy groups -OCH3 is 1. The van der Waals surface area contributed by atoms with Gasteiger partial charge in [0, 0.05) is 127 Å². The third kappa shape index (κ3) is 16.0. The number of unbranched alkanes of at least 4 members (excludes halogenated alkanes) is 2. The van der Waals surface area contributed by atoms with Crippen molar-refractivity contribution in [2.75, 3.05) is 63.1 Å². The maximum atomic E-state index is 13.8. The number of aliphatic carboxylic acids is 1. The number of hydrogen-bond donors (Lipinski definition) is 8. The summed E-state index contributed by atoms with van der Waals surface area (Å²) in [5, 5.41) is 19.5. The first-order valence-corrected chi connectivity index (χ1v) is 40.0. The average Bonchev–Trinajstić information content (AvgIpc) is 1.41. The molecule has 3 aromatic heterocycles. The van der Waals surface area contributed by atoms with E-state index in [0.717, 1.165) is 54.2 Å². The number of carbonyl (C=O) groups excluding carboxylic acids is 3. The lowest BCUT2D eigenvalue weighted by Gasteiger charge is -2.27. The number of rotatable bonds is 28. The minimum Gasteiger partial charge on any atom is -0.481 e. The third-order valence-electron chi connectivity index (χ3n) is 19.8. The third-order valence-corrected chi connectivity index (χ3v) is 23.3. The van der Waals surface area contributed by atoms with Gasteiger partial charge in [-0.1, -0.05) is 38.5 Å². The Labute approximate surface area is 609 Å². The Bertz CT molecular complexity index is 5300. The van der Waals surface area contributed by atoms with Crippen molar-refractivity contribution in [3.05, 3.63) is 166 Å². The fourth-order valence-electron chi connectivity index (χ4n) is 14.8. The monoisotopic (exact) mass is 1520 g/mol. The molecule has 7 aromatic rings. The van der Waals surface area contributed by atoms with Crippen LogP contribution < -0.4 is 25.6 Å². The summed E-state index contributed by atoms with van der Waals surface area (Å²) in [7, 11) is -18.5. The van der Waals surface area contributed by atoms with E-state index in [1.165, 1.54) is 31.6 Å². The van der Waals surface area contributed by atoms with Gasteiger partial charge in [-0.05, 0) is 166 Å². The van der Waals surface area contributed by atoms with Crippen LogP contribution in [0.25, 0.3) is 27.1 Å². The van der Waals surface area contributed by atoms with Crippen molar-refractivity contribution in [1.29, 1.82) is 0 Å². The van der Waals surface area contributed by atoms with Gasteiger partial charge in [0.1, 0.15) is 22.2 Å². The number of amides is 4. The van der Waals surface area contributed by atoms with Crippen LogP contribution in [0.5, 0.6) is 5.88 Å². The fourth-order valence-corrected chi connectivity index (χ4v) is 17.5. The molecule has 7 heterocycles. The van der Waals surface area contributed by atoms with E-state index in [1.54, 1.807) is 58.4 Å². The van der Waals surface area contributed by atoms with Crippen LogP contribution in [0, 0.1) is 0 Å². The van der Waals surface area contributed by atoms with Crippen LogP contribution in [0.2, 0.25) is 0 Å². The molecule has 0 spiro atoms. The number of carboxylic acid groups (broad SMARTS) is 1. The number of allylic oxidation sites excluding steroid dienone is 6.